The minimum atomic E-state index is -2.08. The van der Waals surface area contributed by atoms with Gasteiger partial charge in [-0.15, -0.1) is 0 Å². The quantitative estimate of drug-likeness (QED) is 0.437. The van der Waals surface area contributed by atoms with Gasteiger partial charge in [-0.25, -0.2) is 9.36 Å². The lowest BCUT2D eigenvalue weighted by atomic mass is 10.2. The second-order valence-electron chi connectivity index (χ2n) is 8.20. The van der Waals surface area contributed by atoms with Gasteiger partial charge in [-0.3, -0.25) is 0 Å². The molecule has 28 heavy (non-hydrogen) atoms. The molecular formula is C20H22F2N2O3Si. The molecule has 148 valence electrons. The van der Waals surface area contributed by atoms with Gasteiger partial charge in [-0.05, 0) is 54.5 Å². The number of nitrogens with zero attached hydrogens (tertiary/aromatic N) is 2. The molecule has 0 bridgehead atoms. The molecule has 0 spiro atoms. The average molecular weight is 404 g/mol. The van der Waals surface area contributed by atoms with Crippen molar-refractivity contribution in [2.45, 2.75) is 38.9 Å². The van der Waals surface area contributed by atoms with E-state index in [1.54, 1.807) is 24.3 Å². The first-order chi connectivity index (χ1) is 12.9. The number of benzene rings is 1. The number of halogens is 2. The monoisotopic (exact) mass is 404 g/mol. The van der Waals surface area contributed by atoms with Gasteiger partial charge in [0.25, 0.3) is 0 Å². The van der Waals surface area contributed by atoms with Crippen LogP contribution in [0.15, 0.2) is 36.4 Å². The van der Waals surface area contributed by atoms with E-state index in [0.29, 0.717) is 16.7 Å². The lowest BCUT2D eigenvalue weighted by molar-refractivity contribution is 0.198. The minimum Gasteiger partial charge on any atom is -0.543 e. The Morgan fingerprint density at radius 1 is 1.14 bits per heavy atom. The third kappa shape index (κ3) is 3.51. The fraction of sp³-hybridized carbons (Fsp3) is 0.300. The zero-order valence-electron chi connectivity index (χ0n) is 16.4. The van der Waals surface area contributed by atoms with Gasteiger partial charge in [-0.1, -0.05) is 20.8 Å². The van der Waals surface area contributed by atoms with Crippen LogP contribution in [0.3, 0.4) is 0 Å². The van der Waals surface area contributed by atoms with Crippen LogP contribution in [0.5, 0.6) is 5.75 Å². The number of fused-ring (bicyclic) bond motifs is 1. The molecule has 0 aliphatic rings. The third-order valence-corrected chi connectivity index (χ3v) is 9.59. The van der Waals surface area contributed by atoms with Crippen LogP contribution >= 0.6 is 0 Å². The second-order valence-corrected chi connectivity index (χ2v) is 12.9. The van der Waals surface area contributed by atoms with Crippen LogP contribution < -0.4 is 4.43 Å². The molecule has 0 radical (unpaired) electrons. The SMILES string of the molecule is CC(C)(C)[Si](C)(C)Oc1ccc2c(c1)cc(-c1ccc(F)nc1F)n2C(=O)O. The summed E-state index contributed by atoms with van der Waals surface area (Å²) in [6, 6.07) is 8.80. The molecule has 0 saturated heterocycles. The maximum Gasteiger partial charge on any atom is 0.416 e. The molecule has 0 atom stereocenters. The number of pyridine rings is 1. The molecule has 1 aromatic carbocycles. The summed E-state index contributed by atoms with van der Waals surface area (Å²) in [6.45, 7) is 10.6. The van der Waals surface area contributed by atoms with E-state index in [2.05, 4.69) is 38.8 Å². The van der Waals surface area contributed by atoms with Gasteiger partial charge in [0.05, 0.1) is 16.8 Å². The van der Waals surface area contributed by atoms with Gasteiger partial charge in [0.2, 0.25) is 20.2 Å². The zero-order chi connectivity index (χ0) is 20.9. The fourth-order valence-corrected chi connectivity index (χ4v) is 3.73. The number of carbonyl (C=O) groups is 1. The number of hydrogen-bond acceptors (Lipinski definition) is 3. The summed E-state index contributed by atoms with van der Waals surface area (Å²) < 4.78 is 34.5. The number of aromatic nitrogens is 2. The van der Waals surface area contributed by atoms with Crippen LogP contribution in [0.2, 0.25) is 18.1 Å². The Morgan fingerprint density at radius 3 is 2.39 bits per heavy atom. The fourth-order valence-electron chi connectivity index (χ4n) is 2.71. The zero-order valence-corrected chi connectivity index (χ0v) is 17.4. The summed E-state index contributed by atoms with van der Waals surface area (Å²) in [6.07, 6.45) is -1.27. The maximum absolute atomic E-state index is 14.2. The van der Waals surface area contributed by atoms with E-state index in [4.69, 9.17) is 4.43 Å². The van der Waals surface area contributed by atoms with Crippen molar-refractivity contribution in [3.05, 3.63) is 48.3 Å². The molecule has 2 heterocycles. The lowest BCUT2D eigenvalue weighted by Crippen LogP contribution is -2.43. The Balaban J connectivity index is 2.14. The topological polar surface area (TPSA) is 64.4 Å². The van der Waals surface area contributed by atoms with Crippen molar-refractivity contribution < 1.29 is 23.1 Å². The molecule has 3 aromatic rings. The second kappa shape index (κ2) is 6.70. The van der Waals surface area contributed by atoms with E-state index in [9.17, 15) is 18.7 Å². The van der Waals surface area contributed by atoms with Crippen LogP contribution in [-0.4, -0.2) is 29.1 Å². The Hall–Kier alpha value is -2.74. The van der Waals surface area contributed by atoms with E-state index in [1.807, 2.05) is 0 Å². The van der Waals surface area contributed by atoms with E-state index >= 15 is 0 Å². The molecule has 0 unspecified atom stereocenters. The van der Waals surface area contributed by atoms with Crippen LogP contribution in [0.25, 0.3) is 22.2 Å². The summed E-state index contributed by atoms with van der Waals surface area (Å²) in [7, 11) is -2.08. The molecule has 1 N–H and O–H groups in total. The predicted molar refractivity (Wildman–Crippen MR) is 106 cm³/mol. The smallest absolute Gasteiger partial charge is 0.416 e. The van der Waals surface area contributed by atoms with Crippen molar-refractivity contribution in [1.82, 2.24) is 9.55 Å². The highest BCUT2D eigenvalue weighted by Gasteiger charge is 2.39. The first kappa shape index (κ1) is 20.0. The van der Waals surface area contributed by atoms with Crippen LogP contribution in [0.4, 0.5) is 13.6 Å². The summed E-state index contributed by atoms with van der Waals surface area (Å²) in [5, 5.41) is 10.2. The van der Waals surface area contributed by atoms with Crippen molar-refractivity contribution in [3.63, 3.8) is 0 Å². The molecule has 0 aliphatic heterocycles. The summed E-state index contributed by atoms with van der Waals surface area (Å²) in [4.78, 5) is 15.0. The van der Waals surface area contributed by atoms with Crippen molar-refractivity contribution >= 4 is 25.3 Å². The van der Waals surface area contributed by atoms with Crippen molar-refractivity contribution in [3.8, 4) is 17.0 Å². The molecular weight excluding hydrogens is 382 g/mol. The molecule has 5 nitrogen and oxygen atoms in total. The largest absolute Gasteiger partial charge is 0.543 e. The average Bonchev–Trinajstić information content (AvgIpc) is 2.91. The Kier molecular flexibility index (Phi) is 4.79. The molecule has 8 heteroatoms. The summed E-state index contributed by atoms with van der Waals surface area (Å²) >= 11 is 0. The Bertz CT molecular complexity index is 1070. The van der Waals surface area contributed by atoms with Gasteiger partial charge in [0.1, 0.15) is 5.75 Å². The highest BCUT2D eigenvalue weighted by atomic mass is 28.4. The first-order valence-electron chi connectivity index (χ1n) is 8.81. The van der Waals surface area contributed by atoms with Crippen molar-refractivity contribution in [2.75, 3.05) is 0 Å². The minimum absolute atomic E-state index is 0.00300. The van der Waals surface area contributed by atoms with Gasteiger partial charge < -0.3 is 9.53 Å². The number of rotatable bonds is 3. The molecule has 0 amide bonds. The van der Waals surface area contributed by atoms with E-state index < -0.39 is 26.3 Å². The van der Waals surface area contributed by atoms with E-state index in [-0.39, 0.29) is 16.3 Å². The predicted octanol–water partition coefficient (Wildman–Crippen LogP) is 5.89. The number of carboxylic acid groups (broad SMARTS) is 1. The summed E-state index contributed by atoms with van der Waals surface area (Å²) in [5.41, 5.74) is 0.373. The van der Waals surface area contributed by atoms with Gasteiger partial charge in [-0.2, -0.15) is 13.8 Å². The highest BCUT2D eigenvalue weighted by molar-refractivity contribution is 6.74. The standard InChI is InChI=1S/C20H22F2N2O3Si/c1-20(2,3)28(4,5)27-13-6-8-15-12(10-13)11-16(24(15)19(25)26)14-7-9-17(21)23-18(14)22/h6-11H,1-5H3,(H,25,26). The lowest BCUT2D eigenvalue weighted by Gasteiger charge is -2.36. The van der Waals surface area contributed by atoms with Crippen LogP contribution in [0.1, 0.15) is 20.8 Å². The van der Waals surface area contributed by atoms with Crippen molar-refractivity contribution in [2.24, 2.45) is 0 Å². The normalized spacial score (nSPS) is 12.4. The van der Waals surface area contributed by atoms with Gasteiger partial charge in [0.15, 0.2) is 0 Å². The van der Waals surface area contributed by atoms with Gasteiger partial charge >= 0.3 is 6.09 Å². The number of hydrogen-bond donors (Lipinski definition) is 1. The molecule has 2 aromatic heterocycles. The highest BCUT2D eigenvalue weighted by Crippen LogP contribution is 2.38. The van der Waals surface area contributed by atoms with Gasteiger partial charge in [0, 0.05) is 5.39 Å². The van der Waals surface area contributed by atoms with Crippen molar-refractivity contribution in [1.29, 1.82) is 0 Å². The molecule has 0 fully saturated rings. The Labute approximate surface area is 162 Å². The van der Waals surface area contributed by atoms with E-state index in [1.165, 1.54) is 6.07 Å². The van der Waals surface area contributed by atoms with E-state index in [0.717, 1.165) is 10.6 Å². The third-order valence-electron chi connectivity index (χ3n) is 5.23. The van der Waals surface area contributed by atoms with Crippen LogP contribution in [-0.2, 0) is 0 Å². The summed E-state index contributed by atoms with van der Waals surface area (Å²) in [5.74, 6) is -1.40. The Morgan fingerprint density at radius 2 is 1.82 bits per heavy atom. The molecule has 0 aliphatic carbocycles. The maximum atomic E-state index is 14.2. The first-order valence-corrected chi connectivity index (χ1v) is 11.7. The molecule has 0 saturated carbocycles. The molecule has 3 rings (SSSR count). The van der Waals surface area contributed by atoms with Crippen LogP contribution in [0, 0.1) is 11.9 Å².